The van der Waals surface area contributed by atoms with Gasteiger partial charge in [-0.2, -0.15) is 13.2 Å². The summed E-state index contributed by atoms with van der Waals surface area (Å²) in [5.74, 6) is -1.65. The molecule has 158 valence electrons. The fourth-order valence-corrected chi connectivity index (χ4v) is 4.28. The number of benzene rings is 2. The number of carbonyl (C=O) groups excluding carboxylic acids is 2. The zero-order chi connectivity index (χ0) is 21.6. The zero-order valence-electron chi connectivity index (χ0n) is 15.7. The number of likely N-dealkylation sites (tertiary alicyclic amines) is 1. The van der Waals surface area contributed by atoms with Gasteiger partial charge in [0.05, 0.1) is 18.0 Å². The first-order valence-corrected chi connectivity index (χ1v) is 9.72. The van der Waals surface area contributed by atoms with Gasteiger partial charge in [0, 0.05) is 24.7 Å². The van der Waals surface area contributed by atoms with Crippen molar-refractivity contribution in [3.05, 3.63) is 69.5 Å². The molecule has 2 aromatic carbocycles. The zero-order valence-corrected chi connectivity index (χ0v) is 16.4. The minimum absolute atomic E-state index is 0.0767. The summed E-state index contributed by atoms with van der Waals surface area (Å²) in [7, 11) is 0. The third-order valence-corrected chi connectivity index (χ3v) is 5.90. The van der Waals surface area contributed by atoms with Crippen LogP contribution in [0, 0.1) is 5.82 Å². The van der Waals surface area contributed by atoms with Crippen molar-refractivity contribution in [3.8, 4) is 0 Å². The van der Waals surface area contributed by atoms with E-state index in [4.69, 9.17) is 11.6 Å². The minimum atomic E-state index is -4.44. The standard InChI is InChI=1S/C21H17ClF4N2O2/c22-18-8-15(23)3-4-16(18)17-5-6-27(20(17)30)11-19(29)28-9-12-1-2-14(21(24,25)26)7-13(12)10-28/h1-4,7-8,17H,5-6,9-11H2. The largest absolute Gasteiger partial charge is 0.416 e. The number of halogens is 5. The molecule has 2 heterocycles. The van der Waals surface area contributed by atoms with E-state index in [1.807, 2.05) is 0 Å². The third kappa shape index (κ3) is 3.88. The number of fused-ring (bicyclic) bond motifs is 1. The molecule has 1 atom stereocenters. The summed E-state index contributed by atoms with van der Waals surface area (Å²) in [6.07, 6.45) is -3.99. The average molecular weight is 441 g/mol. The van der Waals surface area contributed by atoms with Gasteiger partial charge in [-0.15, -0.1) is 0 Å². The molecule has 2 aliphatic rings. The van der Waals surface area contributed by atoms with E-state index in [2.05, 4.69) is 0 Å². The maximum Gasteiger partial charge on any atom is 0.416 e. The lowest BCUT2D eigenvalue weighted by atomic mass is 9.98. The van der Waals surface area contributed by atoms with Crippen LogP contribution in [-0.4, -0.2) is 34.7 Å². The molecule has 2 aliphatic heterocycles. The fraction of sp³-hybridized carbons (Fsp3) is 0.333. The van der Waals surface area contributed by atoms with E-state index in [1.54, 1.807) is 0 Å². The Balaban J connectivity index is 1.41. The second kappa shape index (κ2) is 7.58. The van der Waals surface area contributed by atoms with Gasteiger partial charge in [-0.25, -0.2) is 4.39 Å². The highest BCUT2D eigenvalue weighted by molar-refractivity contribution is 6.31. The summed E-state index contributed by atoms with van der Waals surface area (Å²) in [5, 5.41) is 0.164. The number of nitrogens with zero attached hydrogens (tertiary/aromatic N) is 2. The predicted molar refractivity (Wildman–Crippen MR) is 101 cm³/mol. The first-order valence-electron chi connectivity index (χ1n) is 9.34. The van der Waals surface area contributed by atoms with Crippen molar-refractivity contribution in [1.82, 2.24) is 9.80 Å². The van der Waals surface area contributed by atoms with Crippen molar-refractivity contribution in [2.45, 2.75) is 31.6 Å². The van der Waals surface area contributed by atoms with Crippen molar-refractivity contribution in [2.75, 3.05) is 13.1 Å². The normalized spacial score (nSPS) is 18.8. The maximum absolute atomic E-state index is 13.3. The summed E-state index contributed by atoms with van der Waals surface area (Å²) in [6, 6.07) is 7.32. The molecule has 2 aromatic rings. The van der Waals surface area contributed by atoms with Gasteiger partial charge in [0.2, 0.25) is 11.8 Å². The Labute approximate surface area is 175 Å². The molecule has 0 aliphatic carbocycles. The molecular weight excluding hydrogens is 424 g/mol. The number of rotatable bonds is 3. The number of hydrogen-bond acceptors (Lipinski definition) is 2. The topological polar surface area (TPSA) is 40.6 Å². The van der Waals surface area contributed by atoms with Crippen LogP contribution in [0.5, 0.6) is 0 Å². The Kier molecular flexibility index (Phi) is 5.22. The second-order valence-electron chi connectivity index (χ2n) is 7.50. The molecule has 1 saturated heterocycles. The average Bonchev–Trinajstić information content (AvgIpc) is 3.25. The molecular formula is C21H17ClF4N2O2. The first-order chi connectivity index (χ1) is 14.1. The molecule has 1 unspecified atom stereocenters. The maximum atomic E-state index is 13.3. The van der Waals surface area contributed by atoms with Gasteiger partial charge in [0.15, 0.2) is 0 Å². The van der Waals surface area contributed by atoms with Crippen LogP contribution in [0.15, 0.2) is 36.4 Å². The Morgan fingerprint density at radius 1 is 1.10 bits per heavy atom. The number of carbonyl (C=O) groups is 2. The first kappa shape index (κ1) is 20.7. The molecule has 9 heteroatoms. The van der Waals surface area contributed by atoms with Crippen molar-refractivity contribution < 1.29 is 27.2 Å². The molecule has 30 heavy (non-hydrogen) atoms. The molecule has 4 nitrogen and oxygen atoms in total. The monoisotopic (exact) mass is 440 g/mol. The highest BCUT2D eigenvalue weighted by atomic mass is 35.5. The summed E-state index contributed by atoms with van der Waals surface area (Å²) >= 11 is 6.06. The van der Waals surface area contributed by atoms with Gasteiger partial charge in [-0.1, -0.05) is 23.7 Å². The summed E-state index contributed by atoms with van der Waals surface area (Å²) in [5.41, 5.74) is 0.900. The summed E-state index contributed by atoms with van der Waals surface area (Å²) in [6.45, 7) is 0.477. The number of amides is 2. The van der Waals surface area contributed by atoms with Crippen molar-refractivity contribution >= 4 is 23.4 Å². The minimum Gasteiger partial charge on any atom is -0.333 e. The van der Waals surface area contributed by atoms with Crippen LogP contribution in [0.1, 0.15) is 34.6 Å². The van der Waals surface area contributed by atoms with Crippen molar-refractivity contribution in [1.29, 1.82) is 0 Å². The van der Waals surface area contributed by atoms with Crippen LogP contribution in [0.4, 0.5) is 17.6 Å². The van der Waals surface area contributed by atoms with Crippen molar-refractivity contribution in [2.24, 2.45) is 0 Å². The van der Waals surface area contributed by atoms with Crippen molar-refractivity contribution in [3.63, 3.8) is 0 Å². The molecule has 0 bridgehead atoms. The van der Waals surface area contributed by atoms with E-state index >= 15 is 0 Å². The van der Waals surface area contributed by atoms with Crippen LogP contribution in [0.2, 0.25) is 5.02 Å². The van der Waals surface area contributed by atoms with Crippen LogP contribution in [0.25, 0.3) is 0 Å². The number of alkyl halides is 3. The van der Waals surface area contributed by atoms with Crippen LogP contribution < -0.4 is 0 Å². The molecule has 0 radical (unpaired) electrons. The Bertz CT molecular complexity index is 1020. The van der Waals surface area contributed by atoms with Crippen LogP contribution in [-0.2, 0) is 28.9 Å². The van der Waals surface area contributed by atoms with Gasteiger partial charge < -0.3 is 9.80 Å². The Morgan fingerprint density at radius 2 is 1.83 bits per heavy atom. The van der Waals surface area contributed by atoms with E-state index in [9.17, 15) is 27.2 Å². The van der Waals surface area contributed by atoms with Gasteiger partial charge in [0.25, 0.3) is 0 Å². The van der Waals surface area contributed by atoms with E-state index in [0.717, 1.165) is 18.2 Å². The molecule has 0 N–H and O–H groups in total. The molecule has 2 amide bonds. The Morgan fingerprint density at radius 3 is 2.53 bits per heavy atom. The summed E-state index contributed by atoms with van der Waals surface area (Å²) in [4.78, 5) is 28.3. The smallest absolute Gasteiger partial charge is 0.333 e. The predicted octanol–water partition coefficient (Wildman–Crippen LogP) is 4.36. The van der Waals surface area contributed by atoms with E-state index in [-0.39, 0.29) is 36.5 Å². The fourth-order valence-electron chi connectivity index (χ4n) is 3.98. The van der Waals surface area contributed by atoms with Gasteiger partial charge >= 0.3 is 6.18 Å². The van der Waals surface area contributed by atoms with E-state index in [0.29, 0.717) is 29.7 Å². The molecule has 4 rings (SSSR count). The molecule has 0 aromatic heterocycles. The van der Waals surface area contributed by atoms with Gasteiger partial charge in [0.1, 0.15) is 5.82 Å². The molecule has 0 saturated carbocycles. The van der Waals surface area contributed by atoms with Gasteiger partial charge in [-0.05, 0) is 47.4 Å². The highest BCUT2D eigenvalue weighted by Crippen LogP contribution is 2.35. The van der Waals surface area contributed by atoms with Gasteiger partial charge in [-0.3, -0.25) is 9.59 Å². The molecule has 1 fully saturated rings. The number of hydrogen-bond donors (Lipinski definition) is 0. The van der Waals surface area contributed by atoms with E-state index in [1.165, 1.54) is 28.0 Å². The quantitative estimate of drug-likeness (QED) is 0.666. The lowest BCUT2D eigenvalue weighted by molar-refractivity contribution is -0.139. The lowest BCUT2D eigenvalue weighted by Crippen LogP contribution is -2.39. The molecule has 0 spiro atoms. The highest BCUT2D eigenvalue weighted by Gasteiger charge is 2.37. The summed E-state index contributed by atoms with van der Waals surface area (Å²) < 4.78 is 52.0. The van der Waals surface area contributed by atoms with Crippen LogP contribution in [0.3, 0.4) is 0 Å². The second-order valence-corrected chi connectivity index (χ2v) is 7.91. The lowest BCUT2D eigenvalue weighted by Gasteiger charge is -2.21. The Hall–Kier alpha value is -2.61. The van der Waals surface area contributed by atoms with E-state index < -0.39 is 23.5 Å². The SMILES string of the molecule is O=C(CN1CCC(c2ccc(F)cc2Cl)C1=O)N1Cc2ccc(C(F)(F)F)cc2C1. The third-order valence-electron chi connectivity index (χ3n) is 5.57. The van der Waals surface area contributed by atoms with Crippen LogP contribution >= 0.6 is 11.6 Å².